The van der Waals surface area contributed by atoms with E-state index in [2.05, 4.69) is 19.2 Å². The lowest BCUT2D eigenvalue weighted by molar-refractivity contribution is -0.150. The van der Waals surface area contributed by atoms with E-state index >= 15 is 0 Å². The standard InChI is InChI=1S/C38H73NO5/c1-3-5-7-9-11-12-13-14-15-16-17-18-19-20-25-29-33-38(43)44-35(30-26-22-10-8-6-4-2)31-27-23-21-24-28-32-36(40)39-34-37(41)42/h35H,3-34H2,1-2H3,(H,39,40)(H,41,42). The Bertz CT molecular complexity index is 653. The fourth-order valence-electron chi connectivity index (χ4n) is 5.93. The molecule has 0 aromatic carbocycles. The zero-order chi connectivity index (χ0) is 32.4. The first-order chi connectivity index (χ1) is 21.5. The number of hydrogen-bond acceptors (Lipinski definition) is 4. The van der Waals surface area contributed by atoms with Gasteiger partial charge in [0.25, 0.3) is 0 Å². The molecular formula is C38H73NO5. The second-order valence-corrected chi connectivity index (χ2v) is 13.2. The van der Waals surface area contributed by atoms with Gasteiger partial charge in [-0.15, -0.1) is 0 Å². The third-order valence-electron chi connectivity index (χ3n) is 8.78. The Morgan fingerprint density at radius 2 is 0.841 bits per heavy atom. The number of carboxylic acids is 1. The summed E-state index contributed by atoms with van der Waals surface area (Å²) in [6.07, 6.45) is 36.6. The van der Waals surface area contributed by atoms with Crippen LogP contribution in [-0.4, -0.2) is 35.6 Å². The number of hydrogen-bond donors (Lipinski definition) is 2. The van der Waals surface area contributed by atoms with Crippen LogP contribution in [0.1, 0.15) is 213 Å². The molecule has 6 heteroatoms. The first kappa shape index (κ1) is 42.4. The number of ether oxygens (including phenoxy) is 1. The molecule has 1 unspecified atom stereocenters. The molecule has 0 aliphatic rings. The van der Waals surface area contributed by atoms with Crippen LogP contribution in [0.25, 0.3) is 0 Å². The van der Waals surface area contributed by atoms with Gasteiger partial charge in [-0.05, 0) is 38.5 Å². The Kier molecular flexibility index (Phi) is 33.0. The monoisotopic (exact) mass is 624 g/mol. The second-order valence-electron chi connectivity index (χ2n) is 13.2. The largest absolute Gasteiger partial charge is 0.480 e. The minimum absolute atomic E-state index is 0.0151. The molecule has 0 heterocycles. The van der Waals surface area contributed by atoms with Crippen LogP contribution in [0.5, 0.6) is 0 Å². The predicted octanol–water partition coefficient (Wildman–Crippen LogP) is 11.2. The normalized spacial score (nSPS) is 11.9. The molecule has 0 radical (unpaired) electrons. The van der Waals surface area contributed by atoms with Crippen molar-refractivity contribution in [3.05, 3.63) is 0 Å². The lowest BCUT2D eigenvalue weighted by Crippen LogP contribution is -2.28. The van der Waals surface area contributed by atoms with Crippen molar-refractivity contribution < 1.29 is 24.2 Å². The number of rotatable bonds is 35. The van der Waals surface area contributed by atoms with E-state index in [0.29, 0.717) is 12.8 Å². The third kappa shape index (κ3) is 33.3. The molecule has 0 aromatic heterocycles. The van der Waals surface area contributed by atoms with Gasteiger partial charge in [0.15, 0.2) is 0 Å². The SMILES string of the molecule is CCCCCCCCCCCCCCCCCCC(=O)OC(CCCCCCCC)CCCCCCCC(=O)NCC(=O)O. The van der Waals surface area contributed by atoms with Gasteiger partial charge in [-0.25, -0.2) is 0 Å². The van der Waals surface area contributed by atoms with E-state index in [1.165, 1.54) is 122 Å². The number of unbranched alkanes of at least 4 members (excludes halogenated alkanes) is 24. The molecular weight excluding hydrogens is 550 g/mol. The quantitative estimate of drug-likeness (QED) is 0.0541. The van der Waals surface area contributed by atoms with Gasteiger partial charge in [-0.2, -0.15) is 0 Å². The summed E-state index contributed by atoms with van der Waals surface area (Å²) in [5.74, 6) is -1.22. The molecule has 0 bridgehead atoms. The lowest BCUT2D eigenvalue weighted by atomic mass is 10.0. The van der Waals surface area contributed by atoms with E-state index in [1.54, 1.807) is 0 Å². The summed E-state index contributed by atoms with van der Waals surface area (Å²) >= 11 is 0. The molecule has 0 aromatic rings. The Morgan fingerprint density at radius 1 is 0.500 bits per heavy atom. The van der Waals surface area contributed by atoms with Gasteiger partial charge >= 0.3 is 11.9 Å². The zero-order valence-corrected chi connectivity index (χ0v) is 29.3. The molecule has 0 fully saturated rings. The van der Waals surface area contributed by atoms with Gasteiger partial charge in [-0.3, -0.25) is 14.4 Å². The van der Waals surface area contributed by atoms with Gasteiger partial charge in [-0.1, -0.05) is 162 Å². The van der Waals surface area contributed by atoms with Crippen molar-refractivity contribution in [3.63, 3.8) is 0 Å². The highest BCUT2D eigenvalue weighted by Crippen LogP contribution is 2.19. The maximum atomic E-state index is 12.6. The van der Waals surface area contributed by atoms with Crippen molar-refractivity contribution >= 4 is 17.8 Å². The number of carbonyl (C=O) groups excluding carboxylic acids is 2. The molecule has 0 rings (SSSR count). The molecule has 0 aliphatic heterocycles. The molecule has 1 amide bonds. The summed E-state index contributed by atoms with van der Waals surface area (Å²) in [6, 6.07) is 0. The van der Waals surface area contributed by atoms with Gasteiger partial charge in [0.05, 0.1) is 0 Å². The number of amides is 1. The highest BCUT2D eigenvalue weighted by atomic mass is 16.5. The summed E-state index contributed by atoms with van der Waals surface area (Å²) in [4.78, 5) is 34.8. The molecule has 6 nitrogen and oxygen atoms in total. The maximum Gasteiger partial charge on any atom is 0.322 e. The topological polar surface area (TPSA) is 92.7 Å². The van der Waals surface area contributed by atoms with Crippen LogP contribution < -0.4 is 5.32 Å². The van der Waals surface area contributed by atoms with Gasteiger partial charge in [0.2, 0.25) is 5.91 Å². The van der Waals surface area contributed by atoms with Crippen LogP contribution in [0, 0.1) is 0 Å². The zero-order valence-electron chi connectivity index (χ0n) is 29.3. The number of aliphatic carboxylic acids is 1. The molecule has 44 heavy (non-hydrogen) atoms. The molecule has 1 atom stereocenters. The van der Waals surface area contributed by atoms with Crippen molar-refractivity contribution in [1.29, 1.82) is 0 Å². The van der Waals surface area contributed by atoms with Crippen LogP contribution in [0.2, 0.25) is 0 Å². The van der Waals surface area contributed by atoms with Crippen molar-refractivity contribution in [2.75, 3.05) is 6.54 Å². The molecule has 260 valence electrons. The van der Waals surface area contributed by atoms with Crippen molar-refractivity contribution in [2.45, 2.75) is 219 Å². The van der Waals surface area contributed by atoms with Crippen molar-refractivity contribution in [1.82, 2.24) is 5.32 Å². The van der Waals surface area contributed by atoms with E-state index < -0.39 is 5.97 Å². The average Bonchev–Trinajstić information content (AvgIpc) is 3.00. The molecule has 0 saturated carbocycles. The first-order valence-electron chi connectivity index (χ1n) is 19.2. The van der Waals surface area contributed by atoms with E-state index in [0.717, 1.165) is 64.2 Å². The summed E-state index contributed by atoms with van der Waals surface area (Å²) in [5, 5.41) is 11.0. The number of nitrogens with one attached hydrogen (secondary N) is 1. The Morgan fingerprint density at radius 3 is 1.23 bits per heavy atom. The van der Waals surface area contributed by atoms with Gasteiger partial charge in [0, 0.05) is 12.8 Å². The number of carbonyl (C=O) groups is 3. The highest BCUT2D eigenvalue weighted by Gasteiger charge is 2.14. The molecule has 0 spiro atoms. The van der Waals surface area contributed by atoms with E-state index in [-0.39, 0.29) is 24.5 Å². The van der Waals surface area contributed by atoms with E-state index in [4.69, 9.17) is 9.84 Å². The Labute approximate surface area is 272 Å². The van der Waals surface area contributed by atoms with Crippen LogP contribution in [0.3, 0.4) is 0 Å². The minimum atomic E-state index is -1.01. The van der Waals surface area contributed by atoms with E-state index in [1.807, 2.05) is 0 Å². The number of carboxylic acid groups (broad SMARTS) is 1. The Hall–Kier alpha value is -1.59. The van der Waals surface area contributed by atoms with Crippen LogP contribution in [-0.2, 0) is 19.1 Å². The summed E-state index contributed by atoms with van der Waals surface area (Å²) in [5.41, 5.74) is 0. The first-order valence-corrected chi connectivity index (χ1v) is 19.2. The fourth-order valence-corrected chi connectivity index (χ4v) is 5.93. The number of esters is 1. The maximum absolute atomic E-state index is 12.6. The van der Waals surface area contributed by atoms with Gasteiger partial charge < -0.3 is 15.2 Å². The minimum Gasteiger partial charge on any atom is -0.480 e. The summed E-state index contributed by atoms with van der Waals surface area (Å²) in [7, 11) is 0. The van der Waals surface area contributed by atoms with Gasteiger partial charge in [0.1, 0.15) is 12.6 Å². The van der Waals surface area contributed by atoms with Crippen LogP contribution >= 0.6 is 0 Å². The summed E-state index contributed by atoms with van der Waals surface area (Å²) < 4.78 is 5.97. The highest BCUT2D eigenvalue weighted by molar-refractivity contribution is 5.80. The molecule has 0 saturated heterocycles. The average molecular weight is 624 g/mol. The lowest BCUT2D eigenvalue weighted by Gasteiger charge is -2.18. The van der Waals surface area contributed by atoms with Crippen LogP contribution in [0.15, 0.2) is 0 Å². The van der Waals surface area contributed by atoms with Crippen molar-refractivity contribution in [3.8, 4) is 0 Å². The predicted molar refractivity (Wildman–Crippen MR) is 185 cm³/mol. The van der Waals surface area contributed by atoms with Crippen LogP contribution in [0.4, 0.5) is 0 Å². The smallest absolute Gasteiger partial charge is 0.322 e. The van der Waals surface area contributed by atoms with Crippen molar-refractivity contribution in [2.24, 2.45) is 0 Å². The van der Waals surface area contributed by atoms with E-state index in [9.17, 15) is 14.4 Å². The summed E-state index contributed by atoms with van der Waals surface area (Å²) in [6.45, 7) is 4.21. The molecule has 0 aliphatic carbocycles. The Balaban J connectivity index is 3.93. The fraction of sp³-hybridized carbons (Fsp3) is 0.921. The third-order valence-corrected chi connectivity index (χ3v) is 8.78. The molecule has 2 N–H and O–H groups in total. The second kappa shape index (κ2) is 34.3.